The lowest BCUT2D eigenvalue weighted by Crippen LogP contribution is -2.17. The number of nitrogens with zero attached hydrogens (tertiary/aromatic N) is 3. The number of aromatic nitrogens is 3. The van der Waals surface area contributed by atoms with E-state index < -0.39 is 0 Å². The molecule has 3 aromatic rings. The van der Waals surface area contributed by atoms with E-state index in [4.69, 9.17) is 4.98 Å². The van der Waals surface area contributed by atoms with Crippen LogP contribution < -0.4 is 5.56 Å². The van der Waals surface area contributed by atoms with Crippen molar-refractivity contribution in [3.05, 3.63) is 44.9 Å². The van der Waals surface area contributed by atoms with Crippen molar-refractivity contribution >= 4 is 22.2 Å². The van der Waals surface area contributed by atoms with Crippen LogP contribution in [0.25, 0.3) is 21.5 Å². The number of unbranched alkanes of at least 4 members (excludes halogenated alkanes) is 1. The van der Waals surface area contributed by atoms with Crippen LogP contribution >= 0.6 is 11.3 Å². The summed E-state index contributed by atoms with van der Waals surface area (Å²) in [4.78, 5) is 23.5. The van der Waals surface area contributed by atoms with E-state index in [1.807, 2.05) is 6.07 Å². The number of fused-ring (bicyclic) bond motifs is 2. The van der Waals surface area contributed by atoms with E-state index in [1.165, 1.54) is 29.0 Å². The zero-order chi connectivity index (χ0) is 17.4. The molecule has 0 amide bonds. The van der Waals surface area contributed by atoms with Crippen LogP contribution in [-0.4, -0.2) is 14.5 Å². The third-order valence-electron chi connectivity index (χ3n) is 4.98. The Morgan fingerprint density at radius 2 is 2.08 bits per heavy atom. The summed E-state index contributed by atoms with van der Waals surface area (Å²) in [6, 6.07) is 4.23. The van der Waals surface area contributed by atoms with Gasteiger partial charge < -0.3 is 4.57 Å². The average molecular weight is 353 g/mol. The third-order valence-corrected chi connectivity index (χ3v) is 6.17. The quantitative estimate of drug-likeness (QED) is 0.703. The largest absolute Gasteiger partial charge is 0.302 e. The van der Waals surface area contributed by atoms with Gasteiger partial charge in [0.25, 0.3) is 5.56 Å². The van der Waals surface area contributed by atoms with Gasteiger partial charge in [-0.1, -0.05) is 13.3 Å². The molecule has 4 rings (SSSR count). The molecular formula is C20H23N3OS. The molecule has 0 unspecified atom stereocenters. The summed E-state index contributed by atoms with van der Waals surface area (Å²) >= 11 is 1.79. The fraction of sp³-hybridized carbons (Fsp3) is 0.450. The summed E-state index contributed by atoms with van der Waals surface area (Å²) < 4.78 is 1.56. The first-order valence-corrected chi connectivity index (χ1v) is 9.96. The summed E-state index contributed by atoms with van der Waals surface area (Å²) in [6.07, 6.45) is 9.57. The Morgan fingerprint density at radius 3 is 2.88 bits per heavy atom. The van der Waals surface area contributed by atoms with Gasteiger partial charge in [-0.2, -0.15) is 0 Å². The molecule has 0 atom stereocenters. The Kier molecular flexibility index (Phi) is 4.42. The van der Waals surface area contributed by atoms with Crippen molar-refractivity contribution in [2.24, 2.45) is 7.05 Å². The van der Waals surface area contributed by atoms with Gasteiger partial charge in [0, 0.05) is 17.5 Å². The molecule has 0 bridgehead atoms. The minimum absolute atomic E-state index is 0.0194. The second-order valence-corrected chi connectivity index (χ2v) is 7.98. The second-order valence-electron chi connectivity index (χ2n) is 6.90. The highest BCUT2D eigenvalue weighted by molar-refractivity contribution is 7.15. The molecular weight excluding hydrogens is 330 g/mol. The molecule has 0 saturated carbocycles. The van der Waals surface area contributed by atoms with Gasteiger partial charge in [0.05, 0.1) is 22.9 Å². The molecule has 1 aliphatic rings. The number of thiazole rings is 1. The van der Waals surface area contributed by atoms with Crippen molar-refractivity contribution in [3.8, 4) is 10.6 Å². The predicted octanol–water partition coefficient (Wildman–Crippen LogP) is 4.28. The van der Waals surface area contributed by atoms with Gasteiger partial charge in [0.1, 0.15) is 5.01 Å². The molecule has 5 heteroatoms. The van der Waals surface area contributed by atoms with E-state index >= 15 is 0 Å². The van der Waals surface area contributed by atoms with Crippen molar-refractivity contribution in [1.82, 2.24) is 14.5 Å². The van der Waals surface area contributed by atoms with Crippen molar-refractivity contribution in [2.45, 2.75) is 51.9 Å². The van der Waals surface area contributed by atoms with E-state index in [0.29, 0.717) is 5.39 Å². The maximum Gasteiger partial charge on any atom is 0.260 e. The van der Waals surface area contributed by atoms with Crippen LogP contribution in [0, 0.1) is 0 Å². The molecule has 1 aromatic carbocycles. The highest BCUT2D eigenvalue weighted by Crippen LogP contribution is 2.35. The lowest BCUT2D eigenvalue weighted by atomic mass is 10.0. The Bertz CT molecular complexity index is 963. The molecule has 2 heterocycles. The van der Waals surface area contributed by atoms with E-state index in [-0.39, 0.29) is 5.56 Å². The van der Waals surface area contributed by atoms with Gasteiger partial charge >= 0.3 is 0 Å². The van der Waals surface area contributed by atoms with Crippen molar-refractivity contribution < 1.29 is 0 Å². The van der Waals surface area contributed by atoms with Crippen LogP contribution in [0.2, 0.25) is 0 Å². The molecule has 4 nitrogen and oxygen atoms in total. The lowest BCUT2D eigenvalue weighted by Gasteiger charge is -2.08. The van der Waals surface area contributed by atoms with Crippen LogP contribution in [0.15, 0.2) is 23.3 Å². The highest BCUT2D eigenvalue weighted by atomic mass is 32.1. The van der Waals surface area contributed by atoms with Crippen LogP contribution in [-0.2, 0) is 26.3 Å². The van der Waals surface area contributed by atoms with Crippen molar-refractivity contribution in [1.29, 1.82) is 0 Å². The van der Waals surface area contributed by atoms with Crippen molar-refractivity contribution in [2.75, 3.05) is 0 Å². The third kappa shape index (κ3) is 3.01. The summed E-state index contributed by atoms with van der Waals surface area (Å²) in [5.41, 5.74) is 4.30. The van der Waals surface area contributed by atoms with Gasteiger partial charge in [-0.25, -0.2) is 9.97 Å². The van der Waals surface area contributed by atoms with Crippen LogP contribution in [0.4, 0.5) is 0 Å². The Balaban J connectivity index is 1.93. The zero-order valence-electron chi connectivity index (χ0n) is 14.8. The number of hydrogen-bond acceptors (Lipinski definition) is 4. The first-order chi connectivity index (χ1) is 12.2. The smallest absolute Gasteiger partial charge is 0.260 e. The standard InChI is InChI=1S/C20H23N3OS/c1-3-4-7-13-10-14(18-15(11-13)20(24)23(2)12-21-18)19-22-16-8-5-6-9-17(16)25-19/h10-12H,3-9H2,1-2H3. The second kappa shape index (κ2) is 6.71. The molecule has 0 fully saturated rings. The summed E-state index contributed by atoms with van der Waals surface area (Å²) in [6.45, 7) is 2.19. The molecule has 0 saturated heterocycles. The van der Waals surface area contributed by atoms with Crippen LogP contribution in [0.1, 0.15) is 48.7 Å². The Hall–Kier alpha value is -2.01. The van der Waals surface area contributed by atoms with Crippen molar-refractivity contribution in [3.63, 3.8) is 0 Å². The summed E-state index contributed by atoms with van der Waals surface area (Å²) in [5, 5.41) is 1.73. The van der Waals surface area contributed by atoms with E-state index in [9.17, 15) is 4.79 Å². The van der Waals surface area contributed by atoms with Gasteiger partial charge in [0.2, 0.25) is 0 Å². The summed E-state index contributed by atoms with van der Waals surface area (Å²) in [7, 11) is 1.76. The first kappa shape index (κ1) is 16.5. The predicted molar refractivity (Wildman–Crippen MR) is 103 cm³/mol. The van der Waals surface area contributed by atoms with E-state index in [2.05, 4.69) is 18.0 Å². The molecule has 0 N–H and O–H groups in total. The molecule has 2 aromatic heterocycles. The molecule has 0 aliphatic heterocycles. The molecule has 0 spiro atoms. The maximum atomic E-state index is 12.6. The fourth-order valence-corrected chi connectivity index (χ4v) is 4.71. The van der Waals surface area contributed by atoms with E-state index in [0.717, 1.165) is 48.2 Å². The number of aryl methyl sites for hydroxylation is 4. The molecule has 1 aliphatic carbocycles. The molecule has 130 valence electrons. The van der Waals surface area contributed by atoms with Crippen LogP contribution in [0.5, 0.6) is 0 Å². The number of rotatable bonds is 4. The van der Waals surface area contributed by atoms with Gasteiger partial charge in [-0.3, -0.25) is 4.79 Å². The average Bonchev–Trinajstić information content (AvgIpc) is 3.06. The maximum absolute atomic E-state index is 12.6. The minimum Gasteiger partial charge on any atom is -0.302 e. The monoisotopic (exact) mass is 353 g/mol. The van der Waals surface area contributed by atoms with E-state index in [1.54, 1.807) is 29.3 Å². The number of hydrogen-bond donors (Lipinski definition) is 0. The topological polar surface area (TPSA) is 47.8 Å². The van der Waals surface area contributed by atoms with Gasteiger partial charge in [0.15, 0.2) is 0 Å². The Labute approximate surface area is 151 Å². The molecule has 0 radical (unpaired) electrons. The Morgan fingerprint density at radius 1 is 1.24 bits per heavy atom. The number of benzene rings is 1. The zero-order valence-corrected chi connectivity index (χ0v) is 15.7. The lowest BCUT2D eigenvalue weighted by molar-refractivity contribution is 0.682. The molecule has 25 heavy (non-hydrogen) atoms. The van der Waals surface area contributed by atoms with Gasteiger partial charge in [-0.15, -0.1) is 11.3 Å². The highest BCUT2D eigenvalue weighted by Gasteiger charge is 2.19. The fourth-order valence-electron chi connectivity index (χ4n) is 3.54. The minimum atomic E-state index is 0.0194. The van der Waals surface area contributed by atoms with Gasteiger partial charge in [-0.05, 0) is 56.2 Å². The summed E-state index contributed by atoms with van der Waals surface area (Å²) in [5.74, 6) is 0. The first-order valence-electron chi connectivity index (χ1n) is 9.14. The van der Waals surface area contributed by atoms with Crippen LogP contribution in [0.3, 0.4) is 0 Å². The normalized spacial score (nSPS) is 14.0. The SMILES string of the molecule is CCCCc1cc(-c2nc3c(s2)CCCC3)c2ncn(C)c(=O)c2c1.